The highest BCUT2D eigenvalue weighted by atomic mass is 32.2. The van der Waals surface area contributed by atoms with Gasteiger partial charge in [0.05, 0.1) is 14.2 Å². The third kappa shape index (κ3) is 4.17. The van der Waals surface area contributed by atoms with Gasteiger partial charge in [-0.1, -0.05) is 19.3 Å². The van der Waals surface area contributed by atoms with Crippen LogP contribution in [-0.2, 0) is 10.0 Å². The lowest BCUT2D eigenvalue weighted by Gasteiger charge is -2.30. The van der Waals surface area contributed by atoms with Crippen LogP contribution in [0, 0.1) is 11.7 Å². The topological polar surface area (TPSA) is 90.7 Å². The molecule has 8 heteroatoms. The number of methoxy groups -OCH3 is 2. The second-order valence-corrected chi connectivity index (χ2v) is 7.68. The summed E-state index contributed by atoms with van der Waals surface area (Å²) >= 11 is 0. The average molecular weight is 360 g/mol. The number of rotatable bonds is 7. The first kappa shape index (κ1) is 19.0. The fourth-order valence-corrected chi connectivity index (χ4v) is 4.57. The third-order valence-electron chi connectivity index (χ3n) is 4.51. The normalized spacial score (nSPS) is 17.5. The lowest BCUT2D eigenvalue weighted by molar-refractivity contribution is 0.294. The quantitative estimate of drug-likeness (QED) is 0.776. The Hall–Kier alpha value is -1.38. The van der Waals surface area contributed by atoms with Gasteiger partial charge in [0.15, 0.2) is 11.5 Å². The lowest BCUT2D eigenvalue weighted by Crippen LogP contribution is -2.46. The van der Waals surface area contributed by atoms with Gasteiger partial charge < -0.3 is 15.2 Å². The van der Waals surface area contributed by atoms with E-state index in [1.165, 1.54) is 14.2 Å². The molecule has 0 heterocycles. The van der Waals surface area contributed by atoms with Crippen LogP contribution in [0.15, 0.2) is 17.0 Å². The summed E-state index contributed by atoms with van der Waals surface area (Å²) in [4.78, 5) is -0.464. The Morgan fingerprint density at radius 3 is 2.33 bits per heavy atom. The van der Waals surface area contributed by atoms with Crippen molar-refractivity contribution in [3.63, 3.8) is 0 Å². The first-order chi connectivity index (χ1) is 11.4. The van der Waals surface area contributed by atoms with Crippen molar-refractivity contribution in [1.82, 2.24) is 4.72 Å². The minimum atomic E-state index is -4.05. The van der Waals surface area contributed by atoms with Gasteiger partial charge >= 0.3 is 0 Å². The fraction of sp³-hybridized carbons (Fsp3) is 0.625. The molecular weight excluding hydrogens is 335 g/mol. The van der Waals surface area contributed by atoms with E-state index in [-0.39, 0.29) is 24.0 Å². The van der Waals surface area contributed by atoms with Gasteiger partial charge in [-0.2, -0.15) is 0 Å². The van der Waals surface area contributed by atoms with Crippen LogP contribution in [0.5, 0.6) is 11.5 Å². The molecule has 1 aliphatic carbocycles. The van der Waals surface area contributed by atoms with E-state index >= 15 is 0 Å². The molecule has 0 spiro atoms. The minimum absolute atomic E-state index is 0.136. The van der Waals surface area contributed by atoms with Crippen LogP contribution in [-0.4, -0.2) is 35.2 Å². The van der Waals surface area contributed by atoms with Crippen molar-refractivity contribution >= 4 is 10.0 Å². The maximum absolute atomic E-state index is 14.3. The summed E-state index contributed by atoms with van der Waals surface area (Å²) in [5, 5.41) is 0. The summed E-state index contributed by atoms with van der Waals surface area (Å²) in [7, 11) is -1.33. The summed E-state index contributed by atoms with van der Waals surface area (Å²) in [6.45, 7) is 0.179. The van der Waals surface area contributed by atoms with Crippen molar-refractivity contribution in [2.45, 2.75) is 43.0 Å². The molecule has 1 aromatic carbocycles. The predicted octanol–water partition coefficient (Wildman–Crippen LogP) is 2.03. The Labute approximate surface area is 142 Å². The van der Waals surface area contributed by atoms with Crippen LogP contribution in [0.25, 0.3) is 0 Å². The van der Waals surface area contributed by atoms with E-state index in [9.17, 15) is 12.8 Å². The largest absolute Gasteiger partial charge is 0.493 e. The molecule has 1 unspecified atom stereocenters. The molecule has 1 aliphatic rings. The van der Waals surface area contributed by atoms with E-state index in [1.54, 1.807) is 0 Å². The van der Waals surface area contributed by atoms with Gasteiger partial charge in [0, 0.05) is 24.7 Å². The Kier molecular flexibility index (Phi) is 6.42. The minimum Gasteiger partial charge on any atom is -0.493 e. The number of hydrogen-bond donors (Lipinski definition) is 2. The van der Waals surface area contributed by atoms with Gasteiger partial charge in [-0.3, -0.25) is 0 Å². The van der Waals surface area contributed by atoms with E-state index in [0.29, 0.717) is 0 Å². The Balaban J connectivity index is 2.28. The van der Waals surface area contributed by atoms with Crippen LogP contribution in [0.3, 0.4) is 0 Å². The molecule has 136 valence electrons. The zero-order chi connectivity index (χ0) is 17.7. The predicted molar refractivity (Wildman–Crippen MR) is 89.2 cm³/mol. The molecule has 0 radical (unpaired) electrons. The first-order valence-corrected chi connectivity index (χ1v) is 9.55. The molecule has 0 aromatic heterocycles. The summed E-state index contributed by atoms with van der Waals surface area (Å²) in [5.41, 5.74) is 5.76. The summed E-state index contributed by atoms with van der Waals surface area (Å²) in [6, 6.07) is 1.74. The first-order valence-electron chi connectivity index (χ1n) is 8.07. The summed E-state index contributed by atoms with van der Waals surface area (Å²) < 4.78 is 52.1. The van der Waals surface area contributed by atoms with Gasteiger partial charge in [-0.25, -0.2) is 17.5 Å². The number of nitrogens with two attached hydrogens (primary N) is 1. The van der Waals surface area contributed by atoms with Crippen LogP contribution in [0.1, 0.15) is 32.1 Å². The van der Waals surface area contributed by atoms with Gasteiger partial charge in [0.2, 0.25) is 10.0 Å². The molecule has 2 rings (SSSR count). The fourth-order valence-electron chi connectivity index (χ4n) is 3.18. The van der Waals surface area contributed by atoms with Gasteiger partial charge in [-0.15, -0.1) is 0 Å². The smallest absolute Gasteiger partial charge is 0.243 e. The molecule has 0 aliphatic heterocycles. The maximum Gasteiger partial charge on any atom is 0.243 e. The van der Waals surface area contributed by atoms with E-state index in [2.05, 4.69) is 4.72 Å². The van der Waals surface area contributed by atoms with E-state index in [0.717, 1.165) is 44.2 Å². The highest BCUT2D eigenvalue weighted by molar-refractivity contribution is 7.89. The third-order valence-corrected chi connectivity index (χ3v) is 6.01. The van der Waals surface area contributed by atoms with E-state index < -0.39 is 26.8 Å². The number of nitrogens with one attached hydrogen (secondary N) is 1. The molecular formula is C16H25FN2O4S. The Morgan fingerprint density at radius 2 is 1.79 bits per heavy atom. The molecule has 0 amide bonds. The van der Waals surface area contributed by atoms with Gasteiger partial charge in [0.1, 0.15) is 10.7 Å². The van der Waals surface area contributed by atoms with Crippen molar-refractivity contribution in [3.8, 4) is 11.5 Å². The highest BCUT2D eigenvalue weighted by Crippen LogP contribution is 2.32. The van der Waals surface area contributed by atoms with Crippen LogP contribution < -0.4 is 19.9 Å². The van der Waals surface area contributed by atoms with Crippen molar-refractivity contribution in [2.75, 3.05) is 20.8 Å². The number of halogens is 1. The SMILES string of the molecule is COc1cc(F)c(S(=O)(=O)NC(CN)C2CCCCC2)cc1OC. The standard InChI is InChI=1S/C16H25FN2O4S/c1-22-14-8-12(17)16(9-15(14)23-2)24(20,21)19-13(10-18)11-6-4-3-5-7-11/h8-9,11,13,19H,3-7,10,18H2,1-2H3. The van der Waals surface area contributed by atoms with Crippen LogP contribution in [0.2, 0.25) is 0 Å². The molecule has 3 N–H and O–H groups in total. The lowest BCUT2D eigenvalue weighted by atomic mass is 9.84. The van der Waals surface area contributed by atoms with Gasteiger partial charge in [-0.05, 0) is 18.8 Å². The molecule has 1 fully saturated rings. The van der Waals surface area contributed by atoms with E-state index in [4.69, 9.17) is 15.2 Å². The summed E-state index contributed by atoms with van der Waals surface area (Å²) in [5.74, 6) is -0.417. The maximum atomic E-state index is 14.3. The second-order valence-electron chi connectivity index (χ2n) is 6.00. The molecule has 24 heavy (non-hydrogen) atoms. The van der Waals surface area contributed by atoms with Crippen LogP contribution >= 0.6 is 0 Å². The van der Waals surface area contributed by atoms with Gasteiger partial charge in [0.25, 0.3) is 0 Å². The molecule has 1 saturated carbocycles. The molecule has 0 bridgehead atoms. The Morgan fingerprint density at radius 1 is 1.21 bits per heavy atom. The molecule has 1 atom stereocenters. The number of ether oxygens (including phenoxy) is 2. The molecule has 0 saturated heterocycles. The number of sulfonamides is 1. The number of benzene rings is 1. The van der Waals surface area contributed by atoms with Crippen molar-refractivity contribution in [1.29, 1.82) is 0 Å². The van der Waals surface area contributed by atoms with Crippen LogP contribution in [0.4, 0.5) is 4.39 Å². The van der Waals surface area contributed by atoms with Crippen molar-refractivity contribution in [2.24, 2.45) is 11.7 Å². The zero-order valence-corrected chi connectivity index (χ0v) is 14.9. The average Bonchev–Trinajstić information content (AvgIpc) is 2.59. The monoisotopic (exact) mass is 360 g/mol. The van der Waals surface area contributed by atoms with Crippen molar-refractivity contribution < 1.29 is 22.3 Å². The summed E-state index contributed by atoms with van der Waals surface area (Å²) in [6.07, 6.45) is 5.14. The number of hydrogen-bond acceptors (Lipinski definition) is 5. The molecule has 1 aromatic rings. The molecule has 6 nitrogen and oxygen atoms in total. The van der Waals surface area contributed by atoms with E-state index in [1.807, 2.05) is 0 Å². The zero-order valence-electron chi connectivity index (χ0n) is 14.0. The Bertz CT molecular complexity index is 660. The van der Waals surface area contributed by atoms with Crippen molar-refractivity contribution in [3.05, 3.63) is 17.9 Å². The highest BCUT2D eigenvalue weighted by Gasteiger charge is 2.30. The second kappa shape index (κ2) is 8.13.